The number of aryl methyl sites for hydroxylation is 3. The molecule has 3 heterocycles. The number of hydrogen-bond acceptors (Lipinski definition) is 5. The van der Waals surface area contributed by atoms with Crippen LogP contribution < -0.4 is 0 Å². The lowest BCUT2D eigenvalue weighted by molar-refractivity contribution is -0.0314. The second-order valence-electron chi connectivity index (χ2n) is 13.1. The average molecular weight is 562 g/mol. The van der Waals surface area contributed by atoms with E-state index in [0.717, 1.165) is 57.0 Å². The molecule has 2 fully saturated rings. The second-order valence-corrected chi connectivity index (χ2v) is 13.1. The fraction of sp³-hybridized carbons (Fsp3) is 0.686. The molecule has 6 nitrogen and oxygen atoms in total. The molecule has 0 aliphatic carbocycles. The van der Waals surface area contributed by atoms with Gasteiger partial charge in [0.05, 0.1) is 17.0 Å². The average Bonchev–Trinajstić information content (AvgIpc) is 2.96. The van der Waals surface area contributed by atoms with Gasteiger partial charge in [-0.15, -0.1) is 0 Å². The number of piperidine rings is 1. The third-order valence-electron chi connectivity index (χ3n) is 9.95. The van der Waals surface area contributed by atoms with Crippen molar-refractivity contribution in [3.63, 3.8) is 0 Å². The summed E-state index contributed by atoms with van der Waals surface area (Å²) in [6.45, 7) is 18.0. The molecule has 2 aliphatic rings. The van der Waals surface area contributed by atoms with Gasteiger partial charge >= 0.3 is 0 Å². The second kappa shape index (κ2) is 14.7. The molecule has 2 aliphatic heterocycles. The van der Waals surface area contributed by atoms with E-state index in [2.05, 4.69) is 71.7 Å². The zero-order valence-electron chi connectivity index (χ0n) is 26.8. The Morgan fingerprint density at radius 3 is 2.12 bits per heavy atom. The van der Waals surface area contributed by atoms with Crippen LogP contribution in [0, 0.1) is 20.8 Å². The summed E-state index contributed by atoms with van der Waals surface area (Å²) < 4.78 is 0. The Balaban J connectivity index is 1.35. The van der Waals surface area contributed by atoms with Crippen LogP contribution in [0.1, 0.15) is 124 Å². The van der Waals surface area contributed by atoms with Crippen LogP contribution in [-0.2, 0) is 0 Å². The highest BCUT2D eigenvalue weighted by Gasteiger charge is 2.41. The molecule has 2 saturated heterocycles. The van der Waals surface area contributed by atoms with Crippen LogP contribution in [0.25, 0.3) is 0 Å². The molecule has 1 aromatic carbocycles. The molecule has 0 spiro atoms. The van der Waals surface area contributed by atoms with Gasteiger partial charge in [-0.1, -0.05) is 81.7 Å². The smallest absolute Gasteiger partial charge is 0.257 e. The van der Waals surface area contributed by atoms with Gasteiger partial charge in [-0.25, -0.2) is 9.97 Å². The zero-order valence-corrected chi connectivity index (χ0v) is 26.8. The van der Waals surface area contributed by atoms with Crippen molar-refractivity contribution in [3.8, 4) is 0 Å². The Labute approximate surface area is 249 Å². The van der Waals surface area contributed by atoms with Gasteiger partial charge in [-0.3, -0.25) is 14.6 Å². The van der Waals surface area contributed by atoms with Gasteiger partial charge < -0.3 is 4.90 Å². The van der Waals surface area contributed by atoms with Crippen LogP contribution in [0.4, 0.5) is 0 Å². The van der Waals surface area contributed by atoms with E-state index in [0.29, 0.717) is 17.6 Å². The summed E-state index contributed by atoms with van der Waals surface area (Å²) in [5.74, 6) is 0.0899. The summed E-state index contributed by atoms with van der Waals surface area (Å²) in [4.78, 5) is 29.5. The summed E-state index contributed by atoms with van der Waals surface area (Å²) in [5.41, 5.74) is 5.19. The molecule has 1 aromatic heterocycles. The largest absolute Gasteiger partial charge is 0.338 e. The van der Waals surface area contributed by atoms with Crippen molar-refractivity contribution in [2.45, 2.75) is 123 Å². The fourth-order valence-corrected chi connectivity index (χ4v) is 7.10. The lowest BCUT2D eigenvalue weighted by Crippen LogP contribution is -2.62. The zero-order chi connectivity index (χ0) is 29.4. The van der Waals surface area contributed by atoms with E-state index in [1.54, 1.807) is 6.33 Å². The molecule has 0 saturated carbocycles. The van der Waals surface area contributed by atoms with Crippen molar-refractivity contribution in [2.24, 2.45) is 0 Å². The van der Waals surface area contributed by atoms with Crippen molar-refractivity contribution in [1.82, 2.24) is 24.7 Å². The minimum absolute atomic E-state index is 0.0899. The maximum absolute atomic E-state index is 13.4. The number of aromatic nitrogens is 2. The Bertz CT molecular complexity index is 1090. The number of carbonyl (C=O) groups excluding carboxylic acids is 1. The van der Waals surface area contributed by atoms with E-state index >= 15 is 0 Å². The van der Waals surface area contributed by atoms with Crippen molar-refractivity contribution in [1.29, 1.82) is 0 Å². The van der Waals surface area contributed by atoms with Gasteiger partial charge in [0.25, 0.3) is 5.91 Å². The molecule has 1 amide bonds. The van der Waals surface area contributed by atoms with E-state index in [-0.39, 0.29) is 11.4 Å². The molecule has 0 radical (unpaired) electrons. The van der Waals surface area contributed by atoms with Crippen LogP contribution in [0.2, 0.25) is 0 Å². The quantitative estimate of drug-likeness (QED) is 0.255. The summed E-state index contributed by atoms with van der Waals surface area (Å²) in [6, 6.07) is 10.3. The van der Waals surface area contributed by atoms with Gasteiger partial charge in [0.1, 0.15) is 6.33 Å². The van der Waals surface area contributed by atoms with E-state index < -0.39 is 0 Å². The molecule has 2 aromatic rings. The Morgan fingerprint density at radius 1 is 0.902 bits per heavy atom. The maximum atomic E-state index is 13.4. The lowest BCUT2D eigenvalue weighted by atomic mass is 9.85. The predicted octanol–water partition coefficient (Wildman–Crippen LogP) is 7.28. The minimum Gasteiger partial charge on any atom is -0.338 e. The number of hydrogen-bond donors (Lipinski definition) is 0. The number of nitrogens with zero attached hydrogens (tertiary/aromatic N) is 5. The van der Waals surface area contributed by atoms with Crippen LogP contribution in [0.15, 0.2) is 30.6 Å². The first-order chi connectivity index (χ1) is 19.7. The Hall–Kier alpha value is -2.31. The highest BCUT2D eigenvalue weighted by atomic mass is 16.2. The van der Waals surface area contributed by atoms with Gasteiger partial charge in [0.2, 0.25) is 0 Å². The lowest BCUT2D eigenvalue weighted by Gasteiger charge is -2.53. The molecule has 6 heteroatoms. The van der Waals surface area contributed by atoms with Crippen molar-refractivity contribution >= 4 is 5.91 Å². The topological polar surface area (TPSA) is 52.6 Å². The highest BCUT2D eigenvalue weighted by Crippen LogP contribution is 2.35. The van der Waals surface area contributed by atoms with Crippen LogP contribution in [0.3, 0.4) is 0 Å². The first-order valence-electron chi connectivity index (χ1n) is 16.4. The molecule has 1 unspecified atom stereocenters. The van der Waals surface area contributed by atoms with Crippen LogP contribution >= 0.6 is 0 Å². The maximum Gasteiger partial charge on any atom is 0.257 e. The molecule has 2 atom stereocenters. The first-order valence-corrected chi connectivity index (χ1v) is 16.4. The van der Waals surface area contributed by atoms with E-state index in [9.17, 15) is 4.79 Å². The molecule has 4 rings (SSSR count). The first kappa shape index (κ1) is 31.6. The number of rotatable bonds is 12. The van der Waals surface area contributed by atoms with Crippen LogP contribution in [0.5, 0.6) is 0 Å². The van der Waals surface area contributed by atoms with Crippen molar-refractivity contribution < 1.29 is 4.79 Å². The van der Waals surface area contributed by atoms with Gasteiger partial charge in [0.15, 0.2) is 0 Å². The van der Waals surface area contributed by atoms with E-state index in [1.165, 1.54) is 62.5 Å². The summed E-state index contributed by atoms with van der Waals surface area (Å²) in [5, 5.41) is 0. The summed E-state index contributed by atoms with van der Waals surface area (Å²) in [6.07, 6.45) is 14.3. The summed E-state index contributed by atoms with van der Waals surface area (Å²) >= 11 is 0. The Morgan fingerprint density at radius 2 is 1.51 bits per heavy atom. The monoisotopic (exact) mass is 561 g/mol. The summed E-state index contributed by atoms with van der Waals surface area (Å²) in [7, 11) is 0. The van der Waals surface area contributed by atoms with Gasteiger partial charge in [-0.2, -0.15) is 0 Å². The van der Waals surface area contributed by atoms with Gasteiger partial charge in [-0.05, 0) is 59.4 Å². The normalized spacial score (nSPS) is 20.7. The molecular weight excluding hydrogens is 506 g/mol. The van der Waals surface area contributed by atoms with Crippen molar-refractivity contribution in [2.75, 3.05) is 32.7 Å². The molecule has 226 valence electrons. The van der Waals surface area contributed by atoms with Gasteiger partial charge in [0, 0.05) is 50.3 Å². The highest BCUT2D eigenvalue weighted by molar-refractivity contribution is 5.96. The number of piperazine rings is 1. The number of amides is 1. The fourth-order valence-electron chi connectivity index (χ4n) is 7.10. The molecular formula is C35H55N5O. The molecule has 0 N–H and O–H groups in total. The Kier molecular flexibility index (Phi) is 11.4. The standard InChI is InChI=1S/C35H55N5O/c1-7-8-9-10-11-12-13-14-32(31-17-15-27(2)16-18-31)40-24-23-39(25-28(40)3)35(6)19-21-38(22-20-35)34(41)33-29(4)36-26-37-30(33)5/h15-18,26,28,32H,7-14,19-25H2,1-6H3/t28-,32?/m0/s1. The third-order valence-corrected chi connectivity index (χ3v) is 9.95. The molecule has 41 heavy (non-hydrogen) atoms. The predicted molar refractivity (Wildman–Crippen MR) is 169 cm³/mol. The minimum atomic E-state index is 0.0899. The molecule has 0 bridgehead atoms. The van der Waals surface area contributed by atoms with E-state index in [4.69, 9.17) is 0 Å². The number of carbonyl (C=O) groups is 1. The van der Waals surface area contributed by atoms with Crippen molar-refractivity contribution in [3.05, 3.63) is 58.7 Å². The SMILES string of the molecule is CCCCCCCCCC(c1ccc(C)cc1)N1CCN(C2(C)CCN(C(=O)c3c(C)ncnc3C)CC2)C[C@@H]1C. The number of benzene rings is 1. The number of unbranched alkanes of at least 4 members (excludes halogenated alkanes) is 6. The van der Waals surface area contributed by atoms with E-state index in [1.807, 2.05) is 18.7 Å². The van der Waals surface area contributed by atoms with Crippen LogP contribution in [-0.4, -0.2) is 74.9 Å². The third kappa shape index (κ3) is 7.95. The number of likely N-dealkylation sites (tertiary alicyclic amines) is 1.